The fourth-order valence-corrected chi connectivity index (χ4v) is 0.958. The van der Waals surface area contributed by atoms with Gasteiger partial charge in [-0.1, -0.05) is 0 Å². The van der Waals surface area contributed by atoms with Crippen LogP contribution in [-0.4, -0.2) is 96.9 Å². The molecule has 0 bridgehead atoms. The topological polar surface area (TPSA) is 87.4 Å². The van der Waals surface area contributed by atoms with Gasteiger partial charge in [0.1, 0.15) is 0 Å². The van der Waals surface area contributed by atoms with Crippen molar-refractivity contribution in [2.75, 3.05) is 54.5 Å². The van der Waals surface area contributed by atoms with E-state index in [1.54, 1.807) is 0 Å². The van der Waals surface area contributed by atoms with Crippen LogP contribution in [0.5, 0.6) is 0 Å². The summed E-state index contributed by atoms with van der Waals surface area (Å²) in [5.41, 5.74) is 0. The third-order valence-corrected chi connectivity index (χ3v) is 1.57. The van der Waals surface area contributed by atoms with Crippen molar-refractivity contribution in [3.05, 3.63) is 0 Å². The summed E-state index contributed by atoms with van der Waals surface area (Å²) >= 11 is 0. The SMILES string of the molecule is CN(C)CC(O)CO.CN(C)CC(O)CO. The second kappa shape index (κ2) is 11.3. The molecule has 0 radical (unpaired) electrons. The molecule has 0 saturated carbocycles. The highest BCUT2D eigenvalue weighted by Gasteiger charge is 2.01. The molecule has 6 nitrogen and oxygen atoms in total. The van der Waals surface area contributed by atoms with E-state index in [-0.39, 0.29) is 13.2 Å². The molecule has 16 heavy (non-hydrogen) atoms. The van der Waals surface area contributed by atoms with Crippen LogP contribution in [0.15, 0.2) is 0 Å². The zero-order valence-corrected chi connectivity index (χ0v) is 10.7. The minimum absolute atomic E-state index is 0.155. The lowest BCUT2D eigenvalue weighted by Crippen LogP contribution is -2.28. The predicted octanol–water partition coefficient (Wildman–Crippen LogP) is -2.20. The number of aliphatic hydroxyl groups is 4. The van der Waals surface area contributed by atoms with Gasteiger partial charge in [-0.05, 0) is 28.2 Å². The maximum atomic E-state index is 8.74. The van der Waals surface area contributed by atoms with Gasteiger partial charge in [0.25, 0.3) is 0 Å². The number of hydrogen-bond donors (Lipinski definition) is 4. The Hall–Kier alpha value is -0.240. The Kier molecular flexibility index (Phi) is 12.8. The van der Waals surface area contributed by atoms with Crippen molar-refractivity contribution in [2.24, 2.45) is 0 Å². The fourth-order valence-electron chi connectivity index (χ4n) is 0.958. The highest BCUT2D eigenvalue weighted by atomic mass is 16.3. The minimum Gasteiger partial charge on any atom is -0.394 e. The molecule has 0 saturated heterocycles. The first-order valence-electron chi connectivity index (χ1n) is 5.20. The second-order valence-corrected chi connectivity index (χ2v) is 4.20. The zero-order chi connectivity index (χ0) is 13.1. The highest BCUT2D eigenvalue weighted by molar-refractivity contribution is 4.54. The number of rotatable bonds is 6. The number of hydrogen-bond acceptors (Lipinski definition) is 6. The van der Waals surface area contributed by atoms with Crippen molar-refractivity contribution in [3.63, 3.8) is 0 Å². The molecule has 0 amide bonds. The Bertz CT molecular complexity index is 129. The van der Waals surface area contributed by atoms with E-state index >= 15 is 0 Å². The standard InChI is InChI=1S/2C5H13NO2/c2*1-6(2)3-5(8)4-7/h2*5,7-8H,3-4H2,1-2H3. The Labute approximate surface area is 97.7 Å². The summed E-state index contributed by atoms with van der Waals surface area (Å²) in [6, 6.07) is 0. The van der Waals surface area contributed by atoms with Gasteiger partial charge < -0.3 is 30.2 Å². The minimum atomic E-state index is -0.593. The average Bonchev–Trinajstić information content (AvgIpc) is 2.16. The van der Waals surface area contributed by atoms with Crippen LogP contribution in [0.3, 0.4) is 0 Å². The van der Waals surface area contributed by atoms with Crippen LogP contribution in [0.4, 0.5) is 0 Å². The number of likely N-dealkylation sites (N-methyl/N-ethyl adjacent to an activating group) is 2. The molecule has 4 N–H and O–H groups in total. The molecular formula is C10H26N2O4. The molecule has 0 heterocycles. The number of nitrogens with zero attached hydrogens (tertiary/aromatic N) is 2. The van der Waals surface area contributed by atoms with E-state index in [4.69, 9.17) is 20.4 Å². The van der Waals surface area contributed by atoms with Crippen molar-refractivity contribution in [3.8, 4) is 0 Å². The van der Waals surface area contributed by atoms with Crippen LogP contribution >= 0.6 is 0 Å². The van der Waals surface area contributed by atoms with Gasteiger partial charge in [-0.25, -0.2) is 0 Å². The van der Waals surface area contributed by atoms with Crippen LogP contribution < -0.4 is 0 Å². The van der Waals surface area contributed by atoms with E-state index in [9.17, 15) is 0 Å². The molecule has 0 aliphatic rings. The van der Waals surface area contributed by atoms with Crippen molar-refractivity contribution >= 4 is 0 Å². The smallest absolute Gasteiger partial charge is 0.0897 e. The Morgan fingerprint density at radius 1 is 0.750 bits per heavy atom. The fraction of sp³-hybridized carbons (Fsp3) is 1.00. The Morgan fingerprint density at radius 3 is 1.06 bits per heavy atom. The molecule has 0 aliphatic carbocycles. The largest absolute Gasteiger partial charge is 0.394 e. The van der Waals surface area contributed by atoms with E-state index in [2.05, 4.69) is 0 Å². The molecule has 0 aromatic heterocycles. The Balaban J connectivity index is 0. The summed E-state index contributed by atoms with van der Waals surface area (Å²) in [5.74, 6) is 0. The van der Waals surface area contributed by atoms with Crippen LogP contribution in [0.25, 0.3) is 0 Å². The maximum Gasteiger partial charge on any atom is 0.0897 e. The van der Waals surface area contributed by atoms with Crippen molar-refractivity contribution < 1.29 is 20.4 Å². The van der Waals surface area contributed by atoms with Gasteiger partial charge in [0.2, 0.25) is 0 Å². The second-order valence-electron chi connectivity index (χ2n) is 4.20. The van der Waals surface area contributed by atoms with E-state index in [1.165, 1.54) is 0 Å². The van der Waals surface area contributed by atoms with Crippen LogP contribution in [0.2, 0.25) is 0 Å². The molecule has 0 rings (SSSR count). The summed E-state index contributed by atoms with van der Waals surface area (Å²) < 4.78 is 0. The molecule has 0 aromatic rings. The van der Waals surface area contributed by atoms with Crippen molar-refractivity contribution in [1.82, 2.24) is 9.80 Å². The average molecular weight is 238 g/mol. The first kappa shape index (κ1) is 18.1. The van der Waals surface area contributed by atoms with Gasteiger partial charge >= 0.3 is 0 Å². The zero-order valence-electron chi connectivity index (χ0n) is 10.7. The van der Waals surface area contributed by atoms with E-state index in [0.717, 1.165) is 0 Å². The first-order valence-corrected chi connectivity index (χ1v) is 5.20. The molecule has 6 heteroatoms. The molecule has 2 unspecified atom stereocenters. The lowest BCUT2D eigenvalue weighted by atomic mass is 10.4. The van der Waals surface area contributed by atoms with E-state index in [0.29, 0.717) is 13.1 Å². The highest BCUT2D eigenvalue weighted by Crippen LogP contribution is 1.82. The first-order chi connectivity index (χ1) is 7.33. The molecule has 2 atom stereocenters. The predicted molar refractivity (Wildman–Crippen MR) is 63.3 cm³/mol. The summed E-state index contributed by atoms with van der Waals surface area (Å²) in [5, 5.41) is 34.1. The molecule has 0 fully saturated rings. The summed E-state index contributed by atoms with van der Waals surface area (Å²) in [4.78, 5) is 3.64. The Morgan fingerprint density at radius 2 is 1.00 bits per heavy atom. The van der Waals surface area contributed by atoms with Crippen LogP contribution in [0.1, 0.15) is 0 Å². The van der Waals surface area contributed by atoms with Crippen molar-refractivity contribution in [2.45, 2.75) is 12.2 Å². The monoisotopic (exact) mass is 238 g/mol. The van der Waals surface area contributed by atoms with Gasteiger partial charge in [0.05, 0.1) is 25.4 Å². The summed E-state index contributed by atoms with van der Waals surface area (Å²) in [6.07, 6.45) is -1.19. The van der Waals surface area contributed by atoms with Gasteiger partial charge in [-0.2, -0.15) is 0 Å². The lowest BCUT2D eigenvalue weighted by molar-refractivity contribution is 0.0727. The molecular weight excluding hydrogens is 212 g/mol. The third kappa shape index (κ3) is 16.2. The van der Waals surface area contributed by atoms with Crippen LogP contribution in [-0.2, 0) is 0 Å². The van der Waals surface area contributed by atoms with Gasteiger partial charge in [0, 0.05) is 13.1 Å². The van der Waals surface area contributed by atoms with Gasteiger partial charge in [0.15, 0.2) is 0 Å². The van der Waals surface area contributed by atoms with Gasteiger partial charge in [-0.15, -0.1) is 0 Å². The van der Waals surface area contributed by atoms with Gasteiger partial charge in [-0.3, -0.25) is 0 Å². The summed E-state index contributed by atoms with van der Waals surface area (Å²) in [7, 11) is 7.38. The maximum absolute atomic E-state index is 8.74. The summed E-state index contributed by atoms with van der Waals surface area (Å²) in [6.45, 7) is 0.739. The third-order valence-electron chi connectivity index (χ3n) is 1.57. The van der Waals surface area contributed by atoms with Crippen LogP contribution in [0, 0.1) is 0 Å². The van der Waals surface area contributed by atoms with Crippen molar-refractivity contribution in [1.29, 1.82) is 0 Å². The normalized spacial score (nSPS) is 14.6. The van der Waals surface area contributed by atoms with E-state index < -0.39 is 12.2 Å². The molecule has 0 aromatic carbocycles. The lowest BCUT2D eigenvalue weighted by Gasteiger charge is -2.12. The quantitative estimate of drug-likeness (QED) is 0.420. The molecule has 0 aliphatic heterocycles. The molecule has 0 spiro atoms. The molecule has 100 valence electrons. The van der Waals surface area contributed by atoms with E-state index in [1.807, 2.05) is 38.0 Å². The number of aliphatic hydroxyl groups excluding tert-OH is 4.